The van der Waals surface area contributed by atoms with E-state index in [2.05, 4.69) is 26.0 Å². The second-order valence-electron chi connectivity index (χ2n) is 5.60. The SMILES string of the molecule is CCCOc1ccc(PC(=O)c2c(C)cc(C)cc2C)cc1. The quantitative estimate of drug-likeness (QED) is 0.731. The molecule has 22 heavy (non-hydrogen) atoms. The molecule has 2 rings (SSSR count). The van der Waals surface area contributed by atoms with Crippen LogP contribution in [-0.4, -0.2) is 12.1 Å². The minimum Gasteiger partial charge on any atom is -0.494 e. The van der Waals surface area contributed by atoms with Gasteiger partial charge in [-0.2, -0.15) is 0 Å². The van der Waals surface area contributed by atoms with Crippen LogP contribution in [0.4, 0.5) is 0 Å². The lowest BCUT2D eigenvalue weighted by atomic mass is 10.0. The third-order valence-corrected chi connectivity index (χ3v) is 4.59. The summed E-state index contributed by atoms with van der Waals surface area (Å²) in [7, 11) is 0.149. The topological polar surface area (TPSA) is 26.3 Å². The predicted octanol–water partition coefficient (Wildman–Crippen LogP) is 4.54. The van der Waals surface area contributed by atoms with Gasteiger partial charge in [-0.25, -0.2) is 0 Å². The van der Waals surface area contributed by atoms with Gasteiger partial charge in [0.25, 0.3) is 0 Å². The number of rotatable bonds is 6. The van der Waals surface area contributed by atoms with Gasteiger partial charge >= 0.3 is 0 Å². The molecule has 1 unspecified atom stereocenters. The average Bonchev–Trinajstić information content (AvgIpc) is 2.45. The Hall–Kier alpha value is -1.66. The summed E-state index contributed by atoms with van der Waals surface area (Å²) in [6.07, 6.45) is 0.994. The molecule has 3 heteroatoms. The minimum absolute atomic E-state index is 0.149. The molecule has 0 spiro atoms. The Balaban J connectivity index is 2.12. The molecule has 0 heterocycles. The Kier molecular flexibility index (Phi) is 5.74. The zero-order valence-electron chi connectivity index (χ0n) is 13.7. The van der Waals surface area contributed by atoms with E-state index in [1.165, 1.54) is 5.56 Å². The van der Waals surface area contributed by atoms with Gasteiger partial charge in [0.2, 0.25) is 0 Å². The van der Waals surface area contributed by atoms with E-state index < -0.39 is 0 Å². The van der Waals surface area contributed by atoms with E-state index >= 15 is 0 Å². The second kappa shape index (κ2) is 7.56. The van der Waals surface area contributed by atoms with Gasteiger partial charge in [0.1, 0.15) is 5.75 Å². The van der Waals surface area contributed by atoms with Gasteiger partial charge in [0.05, 0.1) is 6.61 Å². The molecule has 0 saturated heterocycles. The van der Waals surface area contributed by atoms with Crippen molar-refractivity contribution in [1.29, 1.82) is 0 Å². The third kappa shape index (κ3) is 4.18. The highest BCUT2D eigenvalue weighted by atomic mass is 31.1. The highest BCUT2D eigenvalue weighted by Gasteiger charge is 2.13. The number of hydrogen-bond donors (Lipinski definition) is 0. The molecule has 1 atom stereocenters. The monoisotopic (exact) mass is 314 g/mol. The molecule has 0 amide bonds. The summed E-state index contributed by atoms with van der Waals surface area (Å²) in [5.74, 6) is 0.866. The number of ether oxygens (including phenoxy) is 1. The number of carbonyl (C=O) groups excluding carboxylic acids is 1. The fourth-order valence-electron chi connectivity index (χ4n) is 2.59. The van der Waals surface area contributed by atoms with E-state index in [0.717, 1.165) is 40.8 Å². The first-order chi connectivity index (χ1) is 10.5. The highest BCUT2D eigenvalue weighted by Crippen LogP contribution is 2.25. The van der Waals surface area contributed by atoms with Gasteiger partial charge in [-0.3, -0.25) is 4.79 Å². The van der Waals surface area contributed by atoms with Crippen LogP contribution in [0.2, 0.25) is 0 Å². The van der Waals surface area contributed by atoms with E-state index in [4.69, 9.17) is 4.74 Å². The molecule has 116 valence electrons. The summed E-state index contributed by atoms with van der Waals surface area (Å²) < 4.78 is 5.57. The van der Waals surface area contributed by atoms with Crippen molar-refractivity contribution >= 4 is 19.4 Å². The van der Waals surface area contributed by atoms with Crippen LogP contribution in [0, 0.1) is 20.8 Å². The molecule has 0 fully saturated rings. The minimum atomic E-state index is 0.149. The molecule has 2 aromatic rings. The zero-order chi connectivity index (χ0) is 16.1. The van der Waals surface area contributed by atoms with Crippen LogP contribution in [0.15, 0.2) is 36.4 Å². The first-order valence-electron chi connectivity index (χ1n) is 7.63. The fraction of sp³-hybridized carbons (Fsp3) is 0.316. The normalized spacial score (nSPS) is 11.1. The van der Waals surface area contributed by atoms with Crippen molar-refractivity contribution < 1.29 is 9.53 Å². The van der Waals surface area contributed by atoms with Crippen LogP contribution in [-0.2, 0) is 0 Å². The van der Waals surface area contributed by atoms with Gasteiger partial charge in [-0.1, -0.05) is 36.8 Å². The van der Waals surface area contributed by atoms with Crippen LogP contribution in [0.1, 0.15) is 40.4 Å². The molecule has 0 N–H and O–H groups in total. The smallest absolute Gasteiger partial charge is 0.186 e. The van der Waals surface area contributed by atoms with Crippen LogP contribution < -0.4 is 10.0 Å². The number of aryl methyl sites for hydroxylation is 3. The van der Waals surface area contributed by atoms with E-state index in [-0.39, 0.29) is 14.1 Å². The third-order valence-electron chi connectivity index (χ3n) is 3.49. The van der Waals surface area contributed by atoms with Crippen molar-refractivity contribution in [3.8, 4) is 5.75 Å². The van der Waals surface area contributed by atoms with Gasteiger partial charge in [0.15, 0.2) is 5.52 Å². The summed E-state index contributed by atoms with van der Waals surface area (Å²) in [4.78, 5) is 12.6. The zero-order valence-corrected chi connectivity index (χ0v) is 14.7. The Morgan fingerprint density at radius 1 is 1.05 bits per heavy atom. The lowest BCUT2D eigenvalue weighted by Crippen LogP contribution is -2.05. The number of hydrogen-bond acceptors (Lipinski definition) is 2. The summed E-state index contributed by atoms with van der Waals surface area (Å²) in [5.41, 5.74) is 4.41. The largest absolute Gasteiger partial charge is 0.494 e. The Labute approximate surface area is 134 Å². The Bertz CT molecular complexity index is 637. The molecule has 0 aromatic heterocycles. The Morgan fingerprint density at radius 3 is 2.18 bits per heavy atom. The molecular formula is C19H23O2P. The van der Waals surface area contributed by atoms with E-state index in [1.54, 1.807) is 0 Å². The molecule has 0 aliphatic carbocycles. The van der Waals surface area contributed by atoms with E-state index in [1.807, 2.05) is 38.1 Å². The van der Waals surface area contributed by atoms with Gasteiger partial charge < -0.3 is 4.74 Å². The first-order valence-corrected chi connectivity index (χ1v) is 8.63. The number of benzene rings is 2. The van der Waals surface area contributed by atoms with Gasteiger partial charge in [0, 0.05) is 5.56 Å². The van der Waals surface area contributed by atoms with Crippen molar-refractivity contribution in [2.75, 3.05) is 6.61 Å². The van der Waals surface area contributed by atoms with Crippen LogP contribution in [0.25, 0.3) is 0 Å². The molecular weight excluding hydrogens is 291 g/mol. The standard InChI is InChI=1S/C19H23O2P/c1-5-10-21-16-6-8-17(9-7-16)22-19(20)18-14(3)11-13(2)12-15(18)4/h6-9,11-12,22H,5,10H2,1-4H3. The fourth-order valence-corrected chi connectivity index (χ4v) is 3.70. The second-order valence-corrected chi connectivity index (χ2v) is 6.88. The van der Waals surface area contributed by atoms with Crippen molar-refractivity contribution in [3.63, 3.8) is 0 Å². The average molecular weight is 314 g/mol. The maximum Gasteiger partial charge on any atom is 0.186 e. The molecule has 2 nitrogen and oxygen atoms in total. The predicted molar refractivity (Wildman–Crippen MR) is 95.2 cm³/mol. The van der Waals surface area contributed by atoms with E-state index in [9.17, 15) is 4.79 Å². The summed E-state index contributed by atoms with van der Waals surface area (Å²) in [6, 6.07) is 12.0. The maximum absolute atomic E-state index is 12.6. The molecule has 0 bridgehead atoms. The molecule has 0 radical (unpaired) electrons. The Morgan fingerprint density at radius 2 is 1.64 bits per heavy atom. The van der Waals surface area contributed by atoms with Crippen molar-refractivity contribution in [2.45, 2.75) is 34.1 Å². The van der Waals surface area contributed by atoms with Gasteiger partial charge in [-0.05, 0) is 64.3 Å². The van der Waals surface area contributed by atoms with Crippen molar-refractivity contribution in [1.82, 2.24) is 0 Å². The summed E-state index contributed by atoms with van der Waals surface area (Å²) in [5, 5.41) is 1.05. The van der Waals surface area contributed by atoms with E-state index in [0.29, 0.717) is 0 Å². The highest BCUT2D eigenvalue weighted by molar-refractivity contribution is 7.66. The first kappa shape index (κ1) is 16.7. The van der Waals surface area contributed by atoms with Crippen LogP contribution >= 0.6 is 8.58 Å². The summed E-state index contributed by atoms with van der Waals surface area (Å²) in [6.45, 7) is 8.90. The van der Waals surface area contributed by atoms with Gasteiger partial charge in [-0.15, -0.1) is 0 Å². The van der Waals surface area contributed by atoms with Crippen molar-refractivity contribution in [3.05, 3.63) is 58.7 Å². The number of carbonyl (C=O) groups is 1. The lowest BCUT2D eigenvalue weighted by Gasteiger charge is -2.11. The lowest BCUT2D eigenvalue weighted by molar-refractivity contribution is 0.108. The van der Waals surface area contributed by atoms with Crippen LogP contribution in [0.3, 0.4) is 0 Å². The van der Waals surface area contributed by atoms with Crippen molar-refractivity contribution in [2.24, 2.45) is 0 Å². The molecule has 0 saturated carbocycles. The molecule has 0 aliphatic heterocycles. The summed E-state index contributed by atoms with van der Waals surface area (Å²) >= 11 is 0. The maximum atomic E-state index is 12.6. The molecule has 0 aliphatic rings. The van der Waals surface area contributed by atoms with Crippen LogP contribution in [0.5, 0.6) is 5.75 Å². The molecule has 2 aromatic carbocycles.